The lowest BCUT2D eigenvalue weighted by atomic mass is 10.1. The number of para-hydroxylation sites is 1. The first kappa shape index (κ1) is 20.0. The molecule has 0 spiro atoms. The smallest absolute Gasteiger partial charge is 0.363 e. The van der Waals surface area contributed by atoms with Gasteiger partial charge in [0.15, 0.2) is 17.2 Å². The fraction of sp³-hybridized carbons (Fsp3) is 0.0417. The standard InChI is InChI=1S/C24H14BrNO6/c25-17-8-5-14(6-9-17)22-26-18(24(28)32-22)11-15-3-1-2-4-19(15)31-23(27)16-7-10-20-21(12-16)30-13-29-20/h1-12H,13H2/b18-11-. The van der Waals surface area contributed by atoms with Gasteiger partial charge in [-0.1, -0.05) is 34.1 Å². The third-order valence-electron chi connectivity index (χ3n) is 4.73. The van der Waals surface area contributed by atoms with Crippen molar-refractivity contribution in [3.8, 4) is 17.2 Å². The predicted octanol–water partition coefficient (Wildman–Crippen LogP) is 4.74. The van der Waals surface area contributed by atoms with Gasteiger partial charge >= 0.3 is 11.9 Å². The second kappa shape index (κ2) is 8.32. The normalized spacial score (nSPS) is 15.5. The fourth-order valence-corrected chi connectivity index (χ4v) is 3.41. The number of hydrogen-bond donors (Lipinski definition) is 0. The number of ether oxygens (including phenoxy) is 4. The van der Waals surface area contributed by atoms with Crippen LogP contribution in [0.15, 0.2) is 81.9 Å². The first-order valence-corrected chi connectivity index (χ1v) is 10.4. The van der Waals surface area contributed by atoms with Crippen LogP contribution in [0, 0.1) is 0 Å². The van der Waals surface area contributed by atoms with Crippen LogP contribution >= 0.6 is 15.9 Å². The zero-order valence-electron chi connectivity index (χ0n) is 16.4. The summed E-state index contributed by atoms with van der Waals surface area (Å²) in [4.78, 5) is 29.3. The molecule has 0 atom stereocenters. The topological polar surface area (TPSA) is 83.4 Å². The molecule has 0 amide bonds. The van der Waals surface area contributed by atoms with E-state index in [1.165, 1.54) is 6.08 Å². The maximum absolute atomic E-state index is 12.7. The van der Waals surface area contributed by atoms with Crippen molar-refractivity contribution in [3.63, 3.8) is 0 Å². The molecule has 0 aliphatic carbocycles. The predicted molar refractivity (Wildman–Crippen MR) is 119 cm³/mol. The molecule has 5 rings (SSSR count). The lowest BCUT2D eigenvalue weighted by Gasteiger charge is -2.08. The van der Waals surface area contributed by atoms with E-state index in [1.807, 2.05) is 12.1 Å². The maximum Gasteiger partial charge on any atom is 0.363 e. The Hall–Kier alpha value is -3.91. The Labute approximate surface area is 191 Å². The van der Waals surface area contributed by atoms with Crippen LogP contribution in [0.25, 0.3) is 6.08 Å². The number of benzene rings is 3. The maximum atomic E-state index is 12.7. The number of fused-ring (bicyclic) bond motifs is 1. The number of aliphatic imine (C=N–C) groups is 1. The Balaban J connectivity index is 1.41. The number of nitrogens with zero attached hydrogens (tertiary/aromatic N) is 1. The number of esters is 2. The Kier molecular flexibility index (Phi) is 5.20. The third kappa shape index (κ3) is 4.00. The van der Waals surface area contributed by atoms with Crippen LogP contribution in [-0.4, -0.2) is 24.6 Å². The molecule has 3 aromatic carbocycles. The highest BCUT2D eigenvalue weighted by Gasteiger charge is 2.25. The number of halogens is 1. The van der Waals surface area contributed by atoms with Crippen LogP contribution in [0.5, 0.6) is 17.2 Å². The largest absolute Gasteiger partial charge is 0.454 e. The van der Waals surface area contributed by atoms with E-state index in [9.17, 15) is 9.59 Å². The summed E-state index contributed by atoms with van der Waals surface area (Å²) in [5.74, 6) is 0.401. The summed E-state index contributed by atoms with van der Waals surface area (Å²) in [6.07, 6.45) is 1.52. The number of carbonyl (C=O) groups is 2. The number of cyclic esters (lactones) is 1. The van der Waals surface area contributed by atoms with E-state index in [1.54, 1.807) is 54.6 Å². The number of rotatable bonds is 4. The van der Waals surface area contributed by atoms with Crippen LogP contribution in [-0.2, 0) is 9.53 Å². The molecule has 0 bridgehead atoms. The van der Waals surface area contributed by atoms with E-state index in [-0.39, 0.29) is 24.1 Å². The van der Waals surface area contributed by atoms with Gasteiger partial charge in [-0.3, -0.25) is 0 Å². The zero-order valence-corrected chi connectivity index (χ0v) is 18.0. The molecule has 158 valence electrons. The van der Waals surface area contributed by atoms with Crippen molar-refractivity contribution >= 4 is 39.8 Å². The summed E-state index contributed by atoms with van der Waals surface area (Å²) in [6, 6.07) is 18.9. The van der Waals surface area contributed by atoms with Crippen LogP contribution < -0.4 is 14.2 Å². The summed E-state index contributed by atoms with van der Waals surface area (Å²) in [5.41, 5.74) is 1.60. The van der Waals surface area contributed by atoms with Crippen LogP contribution in [0.4, 0.5) is 0 Å². The third-order valence-corrected chi connectivity index (χ3v) is 5.26. The van der Waals surface area contributed by atoms with Crippen LogP contribution in [0.3, 0.4) is 0 Å². The van der Waals surface area contributed by atoms with Crippen molar-refractivity contribution in [2.24, 2.45) is 4.99 Å². The Morgan fingerprint density at radius 2 is 1.78 bits per heavy atom. The second-order valence-electron chi connectivity index (χ2n) is 6.84. The van der Waals surface area contributed by atoms with Gasteiger partial charge in [-0.2, -0.15) is 0 Å². The second-order valence-corrected chi connectivity index (χ2v) is 7.75. The summed E-state index contributed by atoms with van der Waals surface area (Å²) >= 11 is 3.37. The minimum atomic E-state index is -0.584. The van der Waals surface area contributed by atoms with Crippen molar-refractivity contribution in [1.82, 2.24) is 0 Å². The number of hydrogen-bond acceptors (Lipinski definition) is 7. The molecule has 0 saturated heterocycles. The quantitative estimate of drug-likeness (QED) is 0.297. The van der Waals surface area contributed by atoms with Crippen molar-refractivity contribution in [1.29, 1.82) is 0 Å². The molecule has 0 fully saturated rings. The highest BCUT2D eigenvalue weighted by atomic mass is 79.9. The lowest BCUT2D eigenvalue weighted by Crippen LogP contribution is -2.09. The van der Waals surface area contributed by atoms with Gasteiger partial charge < -0.3 is 18.9 Å². The van der Waals surface area contributed by atoms with Gasteiger partial charge in [0.05, 0.1) is 5.56 Å². The summed E-state index contributed by atoms with van der Waals surface area (Å²) in [6.45, 7) is 0.114. The molecule has 3 aromatic rings. The van der Waals surface area contributed by atoms with E-state index in [4.69, 9.17) is 18.9 Å². The zero-order chi connectivity index (χ0) is 22.1. The molecule has 32 heavy (non-hydrogen) atoms. The minimum absolute atomic E-state index is 0.106. The SMILES string of the molecule is O=C1OC(c2ccc(Br)cc2)=N/C1=C\c1ccccc1OC(=O)c1ccc2c(c1)OCO2. The Morgan fingerprint density at radius 1 is 1.00 bits per heavy atom. The summed E-state index contributed by atoms with van der Waals surface area (Å²) in [7, 11) is 0. The van der Waals surface area contributed by atoms with Crippen molar-refractivity contribution in [2.75, 3.05) is 6.79 Å². The van der Waals surface area contributed by atoms with Crippen molar-refractivity contribution in [2.45, 2.75) is 0 Å². The van der Waals surface area contributed by atoms with Gasteiger partial charge in [0.25, 0.3) is 0 Å². The first-order chi connectivity index (χ1) is 15.6. The molecular formula is C24H14BrNO6. The molecule has 0 saturated carbocycles. The summed E-state index contributed by atoms with van der Waals surface area (Å²) in [5, 5.41) is 0. The van der Waals surface area contributed by atoms with Gasteiger partial charge in [-0.25, -0.2) is 14.6 Å². The molecule has 2 heterocycles. The highest BCUT2D eigenvalue weighted by molar-refractivity contribution is 9.10. The van der Waals surface area contributed by atoms with Crippen LogP contribution in [0.1, 0.15) is 21.5 Å². The Bertz CT molecular complexity index is 1300. The molecule has 0 unspecified atom stereocenters. The highest BCUT2D eigenvalue weighted by Crippen LogP contribution is 2.33. The first-order valence-electron chi connectivity index (χ1n) is 9.56. The van der Waals surface area contributed by atoms with E-state index in [2.05, 4.69) is 20.9 Å². The van der Waals surface area contributed by atoms with Crippen LogP contribution in [0.2, 0.25) is 0 Å². The van der Waals surface area contributed by atoms with Gasteiger partial charge in [-0.05, 0) is 54.6 Å². The van der Waals surface area contributed by atoms with E-state index in [0.717, 1.165) is 4.47 Å². The molecule has 2 aliphatic heterocycles. The van der Waals surface area contributed by atoms with E-state index >= 15 is 0 Å². The number of carbonyl (C=O) groups excluding carboxylic acids is 2. The minimum Gasteiger partial charge on any atom is -0.454 e. The van der Waals surface area contributed by atoms with Gasteiger partial charge in [0.2, 0.25) is 12.7 Å². The van der Waals surface area contributed by atoms with E-state index in [0.29, 0.717) is 28.2 Å². The fourth-order valence-electron chi connectivity index (χ4n) is 3.15. The van der Waals surface area contributed by atoms with Gasteiger partial charge in [-0.15, -0.1) is 0 Å². The molecule has 0 aromatic heterocycles. The van der Waals surface area contributed by atoms with Gasteiger partial charge in [0, 0.05) is 15.6 Å². The monoisotopic (exact) mass is 491 g/mol. The van der Waals surface area contributed by atoms with Crippen molar-refractivity contribution in [3.05, 3.63) is 93.6 Å². The van der Waals surface area contributed by atoms with Gasteiger partial charge in [0.1, 0.15) is 5.75 Å². The molecular weight excluding hydrogens is 478 g/mol. The van der Waals surface area contributed by atoms with Crippen molar-refractivity contribution < 1.29 is 28.5 Å². The molecule has 2 aliphatic rings. The molecule has 0 N–H and O–H groups in total. The molecule has 8 heteroatoms. The van der Waals surface area contributed by atoms with E-state index < -0.39 is 11.9 Å². The lowest BCUT2D eigenvalue weighted by molar-refractivity contribution is -0.129. The average molecular weight is 492 g/mol. The molecule has 0 radical (unpaired) electrons. The Morgan fingerprint density at radius 3 is 2.62 bits per heavy atom. The molecule has 7 nitrogen and oxygen atoms in total. The summed E-state index contributed by atoms with van der Waals surface area (Å²) < 4.78 is 22.3. The average Bonchev–Trinajstić information content (AvgIpc) is 3.41.